The molecule has 1 heterocycles. The summed E-state index contributed by atoms with van der Waals surface area (Å²) in [5.74, 6) is -1.47. The minimum absolute atomic E-state index is 0.432. The molecule has 9 heteroatoms. The van der Waals surface area contributed by atoms with Crippen LogP contribution < -0.4 is 0 Å². The number of hydrogen-bond donors (Lipinski definition) is 1. The summed E-state index contributed by atoms with van der Waals surface area (Å²) in [4.78, 5) is 14.0. The first-order valence-electron chi connectivity index (χ1n) is 6.40. The molecule has 0 aliphatic carbocycles. The Labute approximate surface area is 131 Å². The van der Waals surface area contributed by atoms with Gasteiger partial charge in [0.05, 0.1) is 11.3 Å². The van der Waals surface area contributed by atoms with Crippen molar-refractivity contribution in [2.24, 2.45) is 0 Å². The maximum atomic E-state index is 13.6. The van der Waals surface area contributed by atoms with Crippen molar-refractivity contribution >= 4 is 5.97 Å². The number of rotatable bonds is 3. The minimum atomic E-state index is -5.75. The number of aromatic carboxylic acids is 1. The van der Waals surface area contributed by atoms with E-state index in [1.807, 2.05) is 0 Å². The van der Waals surface area contributed by atoms with Gasteiger partial charge in [0.25, 0.3) is 0 Å². The topological polar surface area (TPSA) is 50.2 Å². The first-order valence-corrected chi connectivity index (χ1v) is 6.40. The van der Waals surface area contributed by atoms with Crippen LogP contribution in [-0.4, -0.2) is 28.4 Å². The van der Waals surface area contributed by atoms with Gasteiger partial charge in [-0.3, -0.25) is 4.98 Å². The van der Waals surface area contributed by atoms with Gasteiger partial charge < -0.3 is 5.11 Å². The fourth-order valence-corrected chi connectivity index (χ4v) is 2.37. The van der Waals surface area contributed by atoms with E-state index in [2.05, 4.69) is 4.98 Å². The van der Waals surface area contributed by atoms with Gasteiger partial charge in [0.15, 0.2) is 0 Å². The lowest BCUT2D eigenvalue weighted by Gasteiger charge is -2.37. The largest absolute Gasteiger partial charge is 0.478 e. The van der Waals surface area contributed by atoms with Crippen LogP contribution in [0.25, 0.3) is 0 Å². The van der Waals surface area contributed by atoms with Crippen molar-refractivity contribution in [3.05, 3.63) is 65.5 Å². The Balaban J connectivity index is 2.82. The molecule has 0 fully saturated rings. The average Bonchev–Trinajstić information content (AvgIpc) is 2.46. The van der Waals surface area contributed by atoms with Crippen molar-refractivity contribution < 1.29 is 36.2 Å². The predicted molar refractivity (Wildman–Crippen MR) is 70.5 cm³/mol. The second-order valence-electron chi connectivity index (χ2n) is 4.84. The fourth-order valence-electron chi connectivity index (χ4n) is 2.37. The van der Waals surface area contributed by atoms with Crippen molar-refractivity contribution in [1.29, 1.82) is 0 Å². The standard InChI is InChI=1S/C15H9F6NO2/c16-14(17,18)13(15(19,20)21,11-3-1-2-8-22-11)10-6-4-9(5-7-10)12(23)24/h1-8H,(H,23,24). The molecule has 1 aromatic heterocycles. The van der Waals surface area contributed by atoms with E-state index >= 15 is 0 Å². The molecular weight excluding hydrogens is 340 g/mol. The molecule has 0 radical (unpaired) electrons. The fraction of sp³-hybridized carbons (Fsp3) is 0.200. The third kappa shape index (κ3) is 2.70. The zero-order valence-corrected chi connectivity index (χ0v) is 11.7. The highest BCUT2D eigenvalue weighted by Gasteiger charge is 2.73. The lowest BCUT2D eigenvalue weighted by molar-refractivity contribution is -0.289. The molecule has 0 aliphatic heterocycles. The quantitative estimate of drug-likeness (QED) is 0.846. The summed E-state index contributed by atoms with van der Waals surface area (Å²) < 4.78 is 81.8. The van der Waals surface area contributed by atoms with Crippen LogP contribution in [0.1, 0.15) is 21.6 Å². The van der Waals surface area contributed by atoms with Gasteiger partial charge in [-0.05, 0) is 29.8 Å². The molecule has 2 aromatic rings. The number of alkyl halides is 6. The van der Waals surface area contributed by atoms with Gasteiger partial charge in [0.1, 0.15) is 0 Å². The van der Waals surface area contributed by atoms with E-state index in [0.29, 0.717) is 30.3 Å². The van der Waals surface area contributed by atoms with Crippen LogP contribution in [0.5, 0.6) is 0 Å². The van der Waals surface area contributed by atoms with Crippen molar-refractivity contribution in [1.82, 2.24) is 4.98 Å². The average molecular weight is 349 g/mol. The van der Waals surface area contributed by atoms with Crippen molar-refractivity contribution in [3.8, 4) is 0 Å². The number of carboxylic acids is 1. The van der Waals surface area contributed by atoms with Crippen LogP contribution in [0, 0.1) is 0 Å². The Morgan fingerprint density at radius 3 is 1.79 bits per heavy atom. The number of hydrogen-bond acceptors (Lipinski definition) is 2. The number of pyridine rings is 1. The molecule has 0 spiro atoms. The van der Waals surface area contributed by atoms with Gasteiger partial charge >= 0.3 is 18.3 Å². The van der Waals surface area contributed by atoms with Crippen molar-refractivity contribution in [2.45, 2.75) is 17.8 Å². The van der Waals surface area contributed by atoms with E-state index in [9.17, 15) is 31.1 Å². The minimum Gasteiger partial charge on any atom is -0.478 e. The van der Waals surface area contributed by atoms with Crippen molar-refractivity contribution in [2.75, 3.05) is 0 Å². The number of carboxylic acid groups (broad SMARTS) is 1. The SMILES string of the molecule is O=C(O)c1ccc(C(c2ccccn2)(C(F)(F)F)C(F)(F)F)cc1. The molecule has 24 heavy (non-hydrogen) atoms. The lowest BCUT2D eigenvalue weighted by atomic mass is 9.75. The highest BCUT2D eigenvalue weighted by molar-refractivity contribution is 5.87. The second kappa shape index (κ2) is 5.81. The number of aromatic nitrogens is 1. The predicted octanol–water partition coefficient (Wildman–Crippen LogP) is 4.19. The summed E-state index contributed by atoms with van der Waals surface area (Å²) >= 11 is 0. The molecule has 0 saturated heterocycles. The van der Waals surface area contributed by atoms with Crippen molar-refractivity contribution in [3.63, 3.8) is 0 Å². The molecule has 0 saturated carbocycles. The van der Waals surface area contributed by atoms with Crippen LogP contribution in [0.2, 0.25) is 0 Å². The summed E-state index contributed by atoms with van der Waals surface area (Å²) in [5, 5.41) is 8.76. The maximum Gasteiger partial charge on any atom is 0.412 e. The summed E-state index contributed by atoms with van der Waals surface area (Å²) in [6, 6.07) is 5.21. The van der Waals surface area contributed by atoms with Gasteiger partial charge in [0.2, 0.25) is 5.41 Å². The van der Waals surface area contributed by atoms with Gasteiger partial charge in [-0.15, -0.1) is 0 Å². The van der Waals surface area contributed by atoms with E-state index in [1.54, 1.807) is 0 Å². The Morgan fingerprint density at radius 2 is 1.42 bits per heavy atom. The van der Waals surface area contributed by atoms with Crippen LogP contribution >= 0.6 is 0 Å². The summed E-state index contributed by atoms with van der Waals surface area (Å²) in [6.07, 6.45) is -10.7. The Morgan fingerprint density at radius 1 is 0.875 bits per heavy atom. The molecule has 3 nitrogen and oxygen atoms in total. The summed E-state index contributed by atoms with van der Waals surface area (Å²) in [7, 11) is 0. The molecule has 1 aromatic carbocycles. The molecule has 0 bridgehead atoms. The third-order valence-electron chi connectivity index (χ3n) is 3.46. The Kier molecular flexibility index (Phi) is 4.30. The van der Waals surface area contributed by atoms with E-state index in [1.165, 1.54) is 6.07 Å². The first-order chi connectivity index (χ1) is 11.0. The molecule has 128 valence electrons. The van der Waals surface area contributed by atoms with E-state index in [-0.39, 0.29) is 0 Å². The highest BCUT2D eigenvalue weighted by Crippen LogP contribution is 2.55. The van der Waals surface area contributed by atoms with Crippen LogP contribution in [0.15, 0.2) is 48.7 Å². The van der Waals surface area contributed by atoms with Gasteiger partial charge in [-0.1, -0.05) is 18.2 Å². The molecule has 1 N–H and O–H groups in total. The highest BCUT2D eigenvalue weighted by atomic mass is 19.4. The molecule has 0 aliphatic rings. The number of carbonyl (C=O) groups is 1. The van der Waals surface area contributed by atoms with E-state index in [4.69, 9.17) is 5.11 Å². The zero-order valence-electron chi connectivity index (χ0n) is 11.7. The molecule has 2 rings (SSSR count). The maximum absolute atomic E-state index is 13.6. The Bertz CT molecular complexity index is 708. The second-order valence-corrected chi connectivity index (χ2v) is 4.84. The van der Waals surface area contributed by atoms with Crippen LogP contribution in [0.4, 0.5) is 26.3 Å². The van der Waals surface area contributed by atoms with E-state index in [0.717, 1.165) is 12.3 Å². The van der Waals surface area contributed by atoms with E-state index < -0.39 is 40.6 Å². The smallest absolute Gasteiger partial charge is 0.412 e. The number of halogens is 6. The normalized spacial score (nSPS) is 12.9. The third-order valence-corrected chi connectivity index (χ3v) is 3.46. The molecular formula is C15H9F6NO2. The summed E-state index contributed by atoms with van der Waals surface area (Å²) in [5.41, 5.74) is -7.20. The zero-order chi connectivity index (χ0) is 18.2. The van der Waals surface area contributed by atoms with Crippen LogP contribution in [0.3, 0.4) is 0 Å². The number of benzene rings is 1. The Hall–Kier alpha value is -2.58. The summed E-state index contributed by atoms with van der Waals surface area (Å²) in [6.45, 7) is 0. The molecule has 0 amide bonds. The van der Waals surface area contributed by atoms with Gasteiger partial charge in [-0.25, -0.2) is 4.79 Å². The monoisotopic (exact) mass is 349 g/mol. The van der Waals surface area contributed by atoms with Gasteiger partial charge in [-0.2, -0.15) is 26.3 Å². The molecule has 0 atom stereocenters. The first kappa shape index (κ1) is 17.8. The number of nitrogens with zero attached hydrogens (tertiary/aromatic N) is 1. The lowest BCUT2D eigenvalue weighted by Crippen LogP contribution is -2.55. The molecule has 0 unspecified atom stereocenters. The van der Waals surface area contributed by atoms with Crippen LogP contribution in [-0.2, 0) is 5.41 Å². The van der Waals surface area contributed by atoms with Gasteiger partial charge in [0, 0.05) is 6.20 Å².